The summed E-state index contributed by atoms with van der Waals surface area (Å²) in [7, 11) is 0. The minimum Gasteiger partial charge on any atom is -0.260 e. The van der Waals surface area contributed by atoms with E-state index < -0.39 is 0 Å². The van der Waals surface area contributed by atoms with E-state index in [1.54, 1.807) is 6.07 Å². The third kappa shape index (κ3) is 2.73. The summed E-state index contributed by atoms with van der Waals surface area (Å²) in [6, 6.07) is 11.7. The molecule has 0 spiro atoms. The lowest BCUT2D eigenvalue weighted by Crippen LogP contribution is -2.02. The number of fused-ring (bicyclic) bond motifs is 1. The Hall–Kier alpha value is -0.780. The zero-order valence-electron chi connectivity index (χ0n) is 9.78. The summed E-state index contributed by atoms with van der Waals surface area (Å²) < 4.78 is 3.12. The Morgan fingerprint density at radius 3 is 2.79 bits per heavy atom. The molecular weight excluding hydrogens is 394 g/mol. The molecule has 19 heavy (non-hydrogen) atoms. The van der Waals surface area contributed by atoms with Crippen LogP contribution in [0.2, 0.25) is 10.0 Å². The SMILES string of the molecule is Clc1ccc(Cl)c(Cn2ncc3ccc(I)cc32)c1. The molecule has 0 atom stereocenters. The van der Waals surface area contributed by atoms with Gasteiger partial charge in [-0.1, -0.05) is 29.3 Å². The molecule has 3 aromatic rings. The van der Waals surface area contributed by atoms with E-state index in [2.05, 4.69) is 45.9 Å². The van der Waals surface area contributed by atoms with Crippen molar-refractivity contribution in [1.82, 2.24) is 9.78 Å². The van der Waals surface area contributed by atoms with Crippen molar-refractivity contribution in [1.29, 1.82) is 0 Å². The smallest absolute Gasteiger partial charge is 0.0696 e. The van der Waals surface area contributed by atoms with E-state index in [9.17, 15) is 0 Å². The molecule has 1 heterocycles. The fourth-order valence-electron chi connectivity index (χ4n) is 2.00. The van der Waals surface area contributed by atoms with Crippen molar-refractivity contribution in [2.75, 3.05) is 0 Å². The van der Waals surface area contributed by atoms with Crippen molar-refractivity contribution in [3.05, 3.63) is 61.8 Å². The van der Waals surface area contributed by atoms with Crippen molar-refractivity contribution >= 4 is 56.7 Å². The molecule has 0 saturated carbocycles. The largest absolute Gasteiger partial charge is 0.260 e. The molecular formula is C14H9Cl2IN2. The van der Waals surface area contributed by atoms with Crippen LogP contribution in [-0.2, 0) is 6.54 Å². The maximum Gasteiger partial charge on any atom is 0.0696 e. The third-order valence-electron chi connectivity index (χ3n) is 2.93. The Labute approximate surface area is 134 Å². The van der Waals surface area contributed by atoms with E-state index in [0.29, 0.717) is 16.6 Å². The molecule has 0 aliphatic rings. The monoisotopic (exact) mass is 402 g/mol. The van der Waals surface area contributed by atoms with Gasteiger partial charge < -0.3 is 0 Å². The Morgan fingerprint density at radius 2 is 1.95 bits per heavy atom. The van der Waals surface area contributed by atoms with Gasteiger partial charge in [-0.3, -0.25) is 4.68 Å². The van der Waals surface area contributed by atoms with E-state index in [1.807, 2.05) is 23.0 Å². The van der Waals surface area contributed by atoms with Gasteiger partial charge in [0.15, 0.2) is 0 Å². The Morgan fingerprint density at radius 1 is 1.11 bits per heavy atom. The van der Waals surface area contributed by atoms with Crippen molar-refractivity contribution in [2.24, 2.45) is 0 Å². The van der Waals surface area contributed by atoms with Gasteiger partial charge in [-0.15, -0.1) is 0 Å². The van der Waals surface area contributed by atoms with Crippen LogP contribution in [0.5, 0.6) is 0 Å². The van der Waals surface area contributed by atoms with E-state index in [0.717, 1.165) is 16.5 Å². The Bertz CT molecular complexity index is 752. The summed E-state index contributed by atoms with van der Waals surface area (Å²) in [6.07, 6.45) is 1.86. The van der Waals surface area contributed by atoms with Crippen LogP contribution in [0.3, 0.4) is 0 Å². The van der Waals surface area contributed by atoms with Crippen LogP contribution >= 0.6 is 45.8 Å². The topological polar surface area (TPSA) is 17.8 Å². The minimum atomic E-state index is 0.614. The molecule has 0 fully saturated rings. The highest BCUT2D eigenvalue weighted by Gasteiger charge is 2.07. The van der Waals surface area contributed by atoms with Gasteiger partial charge in [0.1, 0.15) is 0 Å². The molecule has 3 rings (SSSR count). The molecule has 2 aromatic carbocycles. The van der Waals surface area contributed by atoms with Crippen molar-refractivity contribution in [2.45, 2.75) is 6.54 Å². The molecule has 0 N–H and O–H groups in total. The highest BCUT2D eigenvalue weighted by Crippen LogP contribution is 2.23. The van der Waals surface area contributed by atoms with Crippen molar-refractivity contribution < 1.29 is 0 Å². The lowest BCUT2D eigenvalue weighted by atomic mass is 10.2. The lowest BCUT2D eigenvalue weighted by molar-refractivity contribution is 0.712. The second-order valence-corrected chi connectivity index (χ2v) is 6.33. The van der Waals surface area contributed by atoms with Crippen LogP contribution in [0.1, 0.15) is 5.56 Å². The first-order valence-corrected chi connectivity index (χ1v) is 7.52. The summed E-state index contributed by atoms with van der Waals surface area (Å²) in [4.78, 5) is 0. The van der Waals surface area contributed by atoms with Gasteiger partial charge in [-0.2, -0.15) is 5.10 Å². The molecule has 2 nitrogen and oxygen atoms in total. The number of aromatic nitrogens is 2. The zero-order chi connectivity index (χ0) is 13.4. The molecule has 0 unspecified atom stereocenters. The molecule has 0 aliphatic carbocycles. The van der Waals surface area contributed by atoms with Gasteiger partial charge in [-0.25, -0.2) is 0 Å². The van der Waals surface area contributed by atoms with Gasteiger partial charge in [0.2, 0.25) is 0 Å². The summed E-state index contributed by atoms with van der Waals surface area (Å²) in [6.45, 7) is 0.614. The molecule has 96 valence electrons. The van der Waals surface area contributed by atoms with Gasteiger partial charge in [0, 0.05) is 19.0 Å². The van der Waals surface area contributed by atoms with Gasteiger partial charge in [0.25, 0.3) is 0 Å². The van der Waals surface area contributed by atoms with Crippen molar-refractivity contribution in [3.63, 3.8) is 0 Å². The van der Waals surface area contributed by atoms with Gasteiger partial charge in [-0.05, 0) is 58.5 Å². The quantitative estimate of drug-likeness (QED) is 0.551. The normalized spacial score (nSPS) is 11.1. The molecule has 1 aromatic heterocycles. The van der Waals surface area contributed by atoms with Crippen LogP contribution in [-0.4, -0.2) is 9.78 Å². The number of hydrogen-bond acceptors (Lipinski definition) is 1. The van der Waals surface area contributed by atoms with E-state index in [4.69, 9.17) is 23.2 Å². The number of halogens is 3. The first kappa shape index (κ1) is 13.2. The highest BCUT2D eigenvalue weighted by atomic mass is 127. The Balaban J connectivity index is 2.05. The average molecular weight is 403 g/mol. The first-order valence-electron chi connectivity index (χ1n) is 5.68. The Kier molecular flexibility index (Phi) is 3.69. The van der Waals surface area contributed by atoms with E-state index in [1.165, 1.54) is 3.57 Å². The molecule has 0 radical (unpaired) electrons. The molecule has 0 bridgehead atoms. The van der Waals surface area contributed by atoms with Gasteiger partial charge in [0.05, 0.1) is 18.3 Å². The van der Waals surface area contributed by atoms with E-state index >= 15 is 0 Å². The summed E-state index contributed by atoms with van der Waals surface area (Å²) in [5.41, 5.74) is 2.07. The molecule has 0 saturated heterocycles. The standard InChI is InChI=1S/C14H9Cl2IN2/c15-11-2-4-13(16)10(5-11)8-19-14-6-12(17)3-1-9(14)7-18-19/h1-7H,8H2. The van der Waals surface area contributed by atoms with Crippen LogP contribution in [0.15, 0.2) is 42.6 Å². The predicted octanol–water partition coefficient (Wildman–Crippen LogP) is 5.00. The summed E-state index contributed by atoms with van der Waals surface area (Å²) in [5, 5.41) is 6.93. The molecule has 5 heteroatoms. The van der Waals surface area contributed by atoms with Crippen LogP contribution in [0.4, 0.5) is 0 Å². The zero-order valence-corrected chi connectivity index (χ0v) is 13.4. The second-order valence-electron chi connectivity index (χ2n) is 4.24. The minimum absolute atomic E-state index is 0.614. The number of hydrogen-bond donors (Lipinski definition) is 0. The van der Waals surface area contributed by atoms with Crippen LogP contribution in [0.25, 0.3) is 10.9 Å². The number of rotatable bonds is 2. The van der Waals surface area contributed by atoms with Gasteiger partial charge >= 0.3 is 0 Å². The summed E-state index contributed by atoms with van der Waals surface area (Å²) >= 11 is 14.5. The average Bonchev–Trinajstić information content (AvgIpc) is 2.77. The molecule has 0 aliphatic heterocycles. The maximum absolute atomic E-state index is 6.19. The van der Waals surface area contributed by atoms with Crippen LogP contribution < -0.4 is 0 Å². The maximum atomic E-state index is 6.19. The fourth-order valence-corrected chi connectivity index (χ4v) is 2.84. The number of benzene rings is 2. The second kappa shape index (κ2) is 5.31. The van der Waals surface area contributed by atoms with E-state index in [-0.39, 0.29) is 0 Å². The highest BCUT2D eigenvalue weighted by molar-refractivity contribution is 14.1. The van der Waals surface area contributed by atoms with Crippen molar-refractivity contribution in [3.8, 4) is 0 Å². The van der Waals surface area contributed by atoms with Crippen LogP contribution in [0, 0.1) is 3.57 Å². The first-order chi connectivity index (χ1) is 9.13. The number of nitrogens with zero attached hydrogens (tertiary/aromatic N) is 2. The predicted molar refractivity (Wildman–Crippen MR) is 88.0 cm³/mol. The fraction of sp³-hybridized carbons (Fsp3) is 0.0714. The third-order valence-corrected chi connectivity index (χ3v) is 4.21. The molecule has 0 amide bonds. The summed E-state index contributed by atoms with van der Waals surface area (Å²) in [5.74, 6) is 0. The lowest BCUT2D eigenvalue weighted by Gasteiger charge is -2.07.